The average Bonchev–Trinajstić information content (AvgIpc) is 2.40. The van der Waals surface area contributed by atoms with Crippen molar-refractivity contribution in [3.63, 3.8) is 0 Å². The third-order valence-electron chi connectivity index (χ3n) is 2.43. The number of carbonyl (C=O) groups excluding carboxylic acids is 1. The monoisotopic (exact) mass is 510 g/mol. The van der Waals surface area contributed by atoms with Crippen LogP contribution in [0.3, 0.4) is 0 Å². The van der Waals surface area contributed by atoms with Crippen molar-refractivity contribution in [1.82, 2.24) is 4.98 Å². The zero-order valence-electron chi connectivity index (χ0n) is 10.3. The zero-order chi connectivity index (χ0) is 14.7. The molecule has 1 amide bonds. The predicted molar refractivity (Wildman–Crippen MR) is 93.3 cm³/mol. The van der Waals surface area contributed by atoms with Crippen LogP contribution in [0, 0.1) is 3.57 Å². The second-order valence-corrected chi connectivity index (χ2v) is 6.80. The molecule has 2 rings (SSSR count). The van der Waals surface area contributed by atoms with Crippen molar-refractivity contribution < 1.29 is 9.53 Å². The van der Waals surface area contributed by atoms with Gasteiger partial charge in [-0.2, -0.15) is 0 Å². The van der Waals surface area contributed by atoms with Crippen molar-refractivity contribution in [1.29, 1.82) is 0 Å². The summed E-state index contributed by atoms with van der Waals surface area (Å²) in [6, 6.07) is 7.14. The molecule has 104 valence electrons. The number of nitrogens with zero attached hydrogens (tertiary/aromatic N) is 1. The summed E-state index contributed by atoms with van der Waals surface area (Å²) < 4.78 is 7.75. The highest BCUT2D eigenvalue weighted by atomic mass is 127. The molecule has 20 heavy (non-hydrogen) atoms. The number of aromatic nitrogens is 1. The van der Waals surface area contributed by atoms with E-state index >= 15 is 0 Å². The molecular formula is C13H9Br2IN2O2. The second kappa shape index (κ2) is 6.86. The Bertz CT molecular complexity index is 648. The van der Waals surface area contributed by atoms with E-state index in [9.17, 15) is 4.79 Å². The van der Waals surface area contributed by atoms with E-state index in [0.717, 1.165) is 8.04 Å². The Morgan fingerprint density at radius 2 is 2.10 bits per heavy atom. The van der Waals surface area contributed by atoms with E-state index in [1.54, 1.807) is 18.3 Å². The molecule has 0 unspecified atom stereocenters. The van der Waals surface area contributed by atoms with E-state index < -0.39 is 0 Å². The van der Waals surface area contributed by atoms with Crippen LogP contribution in [-0.4, -0.2) is 18.0 Å². The van der Waals surface area contributed by atoms with Crippen LogP contribution in [0.5, 0.6) is 5.75 Å². The van der Waals surface area contributed by atoms with E-state index in [0.29, 0.717) is 21.6 Å². The number of nitrogens with one attached hydrogen (secondary N) is 1. The van der Waals surface area contributed by atoms with Gasteiger partial charge in [-0.25, -0.2) is 4.98 Å². The zero-order valence-corrected chi connectivity index (χ0v) is 15.6. The number of hydrogen-bond donors (Lipinski definition) is 1. The topological polar surface area (TPSA) is 51.2 Å². The van der Waals surface area contributed by atoms with Gasteiger partial charge < -0.3 is 10.1 Å². The number of methoxy groups -OCH3 is 1. The van der Waals surface area contributed by atoms with Crippen molar-refractivity contribution in [2.45, 2.75) is 0 Å². The molecule has 0 atom stereocenters. The maximum atomic E-state index is 12.3. The largest absolute Gasteiger partial charge is 0.495 e. The first-order valence-electron chi connectivity index (χ1n) is 5.47. The first-order chi connectivity index (χ1) is 9.51. The van der Waals surface area contributed by atoms with Gasteiger partial charge in [0.25, 0.3) is 5.91 Å². The number of benzene rings is 1. The van der Waals surface area contributed by atoms with Crippen LogP contribution < -0.4 is 10.1 Å². The summed E-state index contributed by atoms with van der Waals surface area (Å²) in [6.45, 7) is 0. The molecule has 0 aliphatic rings. The number of pyridine rings is 1. The summed E-state index contributed by atoms with van der Waals surface area (Å²) in [5.41, 5.74) is 0.425. The molecule has 0 bridgehead atoms. The van der Waals surface area contributed by atoms with Crippen molar-refractivity contribution in [3.8, 4) is 5.75 Å². The van der Waals surface area contributed by atoms with Crippen LogP contribution in [0.25, 0.3) is 0 Å². The summed E-state index contributed by atoms with van der Waals surface area (Å²) in [5.74, 6) is 0.697. The molecule has 1 aromatic heterocycles. The minimum absolute atomic E-state index is 0.280. The van der Waals surface area contributed by atoms with E-state index in [2.05, 4.69) is 64.8 Å². The van der Waals surface area contributed by atoms with Crippen molar-refractivity contribution >= 4 is 66.2 Å². The fourth-order valence-electron chi connectivity index (χ4n) is 1.57. The molecule has 0 aliphatic heterocycles. The van der Waals surface area contributed by atoms with Crippen LogP contribution >= 0.6 is 54.5 Å². The quantitative estimate of drug-likeness (QED) is 0.619. The van der Waals surface area contributed by atoms with Gasteiger partial charge in [-0.15, -0.1) is 0 Å². The number of hydrogen-bond acceptors (Lipinski definition) is 3. The summed E-state index contributed by atoms with van der Waals surface area (Å²) in [7, 11) is 1.52. The molecule has 0 aliphatic carbocycles. The van der Waals surface area contributed by atoms with Gasteiger partial charge in [-0.05, 0) is 62.8 Å². The number of anilines is 1. The van der Waals surface area contributed by atoms with Gasteiger partial charge in [0.1, 0.15) is 11.6 Å². The maximum absolute atomic E-state index is 12.3. The lowest BCUT2D eigenvalue weighted by atomic mass is 10.2. The SMILES string of the molecule is COc1c(Br)cc(Br)cc1C(=O)Nc1ccc(I)cn1. The molecule has 7 heteroatoms. The third kappa shape index (κ3) is 3.70. The molecule has 1 N–H and O–H groups in total. The molecule has 1 heterocycles. The van der Waals surface area contributed by atoms with Crippen molar-refractivity contribution in [2.75, 3.05) is 12.4 Å². The van der Waals surface area contributed by atoms with Crippen molar-refractivity contribution in [3.05, 3.63) is 48.5 Å². The van der Waals surface area contributed by atoms with Gasteiger partial charge in [0.15, 0.2) is 0 Å². The lowest BCUT2D eigenvalue weighted by Crippen LogP contribution is -2.14. The van der Waals surface area contributed by atoms with E-state index in [1.807, 2.05) is 12.1 Å². The van der Waals surface area contributed by atoms with Gasteiger partial charge in [-0.3, -0.25) is 4.79 Å². The molecule has 0 saturated carbocycles. The fraction of sp³-hybridized carbons (Fsp3) is 0.0769. The number of rotatable bonds is 3. The number of ether oxygens (including phenoxy) is 1. The highest BCUT2D eigenvalue weighted by Crippen LogP contribution is 2.33. The van der Waals surface area contributed by atoms with Crippen LogP contribution in [0.1, 0.15) is 10.4 Å². The lowest BCUT2D eigenvalue weighted by Gasteiger charge is -2.11. The number of amides is 1. The Labute approximate surface area is 146 Å². The number of halogens is 3. The average molecular weight is 512 g/mol. The first kappa shape index (κ1) is 15.7. The molecule has 0 radical (unpaired) electrons. The third-order valence-corrected chi connectivity index (χ3v) is 4.11. The fourth-order valence-corrected chi connectivity index (χ4v) is 3.28. The lowest BCUT2D eigenvalue weighted by molar-refractivity contribution is 0.102. The van der Waals surface area contributed by atoms with E-state index in [-0.39, 0.29) is 5.91 Å². The number of carbonyl (C=O) groups is 1. The Morgan fingerprint density at radius 3 is 2.70 bits per heavy atom. The molecule has 0 spiro atoms. The van der Waals surface area contributed by atoms with Gasteiger partial charge in [0.2, 0.25) is 0 Å². The Hall–Kier alpha value is -0.670. The molecule has 0 fully saturated rings. The second-order valence-electron chi connectivity index (χ2n) is 3.78. The highest BCUT2D eigenvalue weighted by molar-refractivity contribution is 14.1. The normalized spacial score (nSPS) is 10.2. The van der Waals surface area contributed by atoms with Crippen LogP contribution in [0.2, 0.25) is 0 Å². The first-order valence-corrected chi connectivity index (χ1v) is 8.13. The van der Waals surface area contributed by atoms with Gasteiger partial charge in [0.05, 0.1) is 17.1 Å². The van der Waals surface area contributed by atoms with Gasteiger partial charge in [0, 0.05) is 14.2 Å². The summed E-state index contributed by atoms with van der Waals surface area (Å²) in [5, 5.41) is 2.74. The Balaban J connectivity index is 2.31. The smallest absolute Gasteiger partial charge is 0.260 e. The maximum Gasteiger partial charge on any atom is 0.260 e. The molecule has 2 aromatic rings. The van der Waals surface area contributed by atoms with Crippen LogP contribution in [0.4, 0.5) is 5.82 Å². The van der Waals surface area contributed by atoms with Gasteiger partial charge >= 0.3 is 0 Å². The summed E-state index contributed by atoms with van der Waals surface area (Å²) >= 11 is 8.88. The van der Waals surface area contributed by atoms with Crippen LogP contribution in [-0.2, 0) is 0 Å². The van der Waals surface area contributed by atoms with E-state index in [4.69, 9.17) is 4.74 Å². The summed E-state index contributed by atoms with van der Waals surface area (Å²) in [4.78, 5) is 16.4. The molecular weight excluding hydrogens is 503 g/mol. The van der Waals surface area contributed by atoms with Gasteiger partial charge in [-0.1, -0.05) is 15.9 Å². The van der Waals surface area contributed by atoms with Crippen LogP contribution in [0.15, 0.2) is 39.4 Å². The molecule has 0 saturated heterocycles. The minimum Gasteiger partial charge on any atom is -0.495 e. The Kier molecular flexibility index (Phi) is 5.39. The predicted octanol–water partition coefficient (Wildman–Crippen LogP) is 4.47. The molecule has 1 aromatic carbocycles. The minimum atomic E-state index is -0.280. The highest BCUT2D eigenvalue weighted by Gasteiger charge is 2.16. The van der Waals surface area contributed by atoms with Crippen molar-refractivity contribution in [2.24, 2.45) is 0 Å². The van der Waals surface area contributed by atoms with E-state index in [1.165, 1.54) is 7.11 Å². The summed E-state index contributed by atoms with van der Waals surface area (Å²) in [6.07, 6.45) is 1.68. The standard InChI is InChI=1S/C13H9Br2IN2O2/c1-20-12-9(4-7(14)5-10(12)15)13(19)18-11-3-2-8(16)6-17-11/h2-6H,1H3,(H,17,18,19). The Morgan fingerprint density at radius 1 is 1.35 bits per heavy atom. The molecule has 4 nitrogen and oxygen atoms in total.